The minimum absolute atomic E-state index is 0.154. The first-order chi connectivity index (χ1) is 9.81. The maximum atomic E-state index is 12.6. The SMILES string of the molecule is Cc1cc(C)c(C(=O)N2CCC(C(=O)O)CC2C)c(=O)[nH]1. The molecule has 6 nitrogen and oxygen atoms in total. The first-order valence-electron chi connectivity index (χ1n) is 7.05. The van der Waals surface area contributed by atoms with Gasteiger partial charge in [0.05, 0.1) is 5.92 Å². The largest absolute Gasteiger partial charge is 0.481 e. The highest BCUT2D eigenvalue weighted by Crippen LogP contribution is 2.24. The summed E-state index contributed by atoms with van der Waals surface area (Å²) in [5.74, 6) is -1.55. The number of aliphatic carboxylic acids is 1. The molecule has 2 N–H and O–H groups in total. The summed E-state index contributed by atoms with van der Waals surface area (Å²) in [6, 6.07) is 1.58. The van der Waals surface area contributed by atoms with Crippen LogP contribution in [0.5, 0.6) is 0 Å². The quantitative estimate of drug-likeness (QED) is 0.860. The summed E-state index contributed by atoms with van der Waals surface area (Å²) in [6.07, 6.45) is 0.845. The van der Waals surface area contributed by atoms with Crippen molar-refractivity contribution in [1.82, 2.24) is 9.88 Å². The van der Waals surface area contributed by atoms with Gasteiger partial charge in [0, 0.05) is 18.3 Å². The number of amides is 1. The average molecular weight is 292 g/mol. The van der Waals surface area contributed by atoms with E-state index in [9.17, 15) is 14.4 Å². The number of hydrogen-bond donors (Lipinski definition) is 2. The molecule has 1 aliphatic rings. The van der Waals surface area contributed by atoms with E-state index in [0.29, 0.717) is 30.6 Å². The molecular weight excluding hydrogens is 272 g/mol. The summed E-state index contributed by atoms with van der Waals surface area (Å²) >= 11 is 0. The monoisotopic (exact) mass is 292 g/mol. The number of piperidine rings is 1. The van der Waals surface area contributed by atoms with Gasteiger partial charge >= 0.3 is 5.97 Å². The summed E-state index contributed by atoms with van der Waals surface area (Å²) in [5, 5.41) is 9.06. The smallest absolute Gasteiger partial charge is 0.306 e. The van der Waals surface area contributed by atoms with E-state index in [0.717, 1.165) is 0 Å². The predicted octanol–water partition coefficient (Wildman–Crippen LogP) is 1.32. The van der Waals surface area contributed by atoms with Crippen LogP contribution < -0.4 is 5.56 Å². The summed E-state index contributed by atoms with van der Waals surface area (Å²) < 4.78 is 0. The zero-order chi connectivity index (χ0) is 15.7. The summed E-state index contributed by atoms with van der Waals surface area (Å²) in [7, 11) is 0. The third-order valence-corrected chi connectivity index (χ3v) is 4.07. The van der Waals surface area contributed by atoms with Crippen molar-refractivity contribution in [2.24, 2.45) is 5.92 Å². The Morgan fingerprint density at radius 2 is 2.05 bits per heavy atom. The number of likely N-dealkylation sites (tertiary alicyclic amines) is 1. The van der Waals surface area contributed by atoms with Gasteiger partial charge in [-0.15, -0.1) is 0 Å². The molecule has 1 amide bonds. The number of carbonyl (C=O) groups excluding carboxylic acids is 1. The number of carboxylic acid groups (broad SMARTS) is 1. The van der Waals surface area contributed by atoms with Gasteiger partial charge in [-0.3, -0.25) is 14.4 Å². The molecule has 1 aliphatic heterocycles. The fourth-order valence-electron chi connectivity index (χ4n) is 2.96. The second-order valence-corrected chi connectivity index (χ2v) is 5.75. The van der Waals surface area contributed by atoms with Crippen LogP contribution in [0.1, 0.15) is 41.4 Å². The van der Waals surface area contributed by atoms with Crippen LogP contribution in [0.2, 0.25) is 0 Å². The molecule has 6 heteroatoms. The molecule has 0 aliphatic carbocycles. The van der Waals surface area contributed by atoms with Crippen LogP contribution in [0, 0.1) is 19.8 Å². The lowest BCUT2D eigenvalue weighted by molar-refractivity contribution is -0.143. The van der Waals surface area contributed by atoms with Crippen LogP contribution in [-0.2, 0) is 4.79 Å². The second-order valence-electron chi connectivity index (χ2n) is 5.75. The van der Waals surface area contributed by atoms with E-state index in [1.165, 1.54) is 0 Å². The Bertz CT molecular complexity index is 635. The average Bonchev–Trinajstić information content (AvgIpc) is 2.36. The summed E-state index contributed by atoms with van der Waals surface area (Å²) in [6.45, 7) is 5.70. The minimum Gasteiger partial charge on any atom is -0.481 e. The van der Waals surface area contributed by atoms with E-state index >= 15 is 0 Å². The van der Waals surface area contributed by atoms with Crippen LogP contribution in [0.4, 0.5) is 0 Å². The lowest BCUT2D eigenvalue weighted by atomic mass is 9.91. The Labute approximate surface area is 122 Å². The van der Waals surface area contributed by atoms with Crippen LogP contribution in [-0.4, -0.2) is 39.5 Å². The molecule has 21 heavy (non-hydrogen) atoms. The Kier molecular flexibility index (Phi) is 4.16. The molecule has 0 bridgehead atoms. The van der Waals surface area contributed by atoms with Gasteiger partial charge in [-0.1, -0.05) is 0 Å². The van der Waals surface area contributed by atoms with Crippen molar-refractivity contribution in [2.75, 3.05) is 6.54 Å². The van der Waals surface area contributed by atoms with Gasteiger partial charge in [-0.05, 0) is 45.2 Å². The maximum Gasteiger partial charge on any atom is 0.306 e. The second kappa shape index (κ2) is 5.71. The number of H-pyrrole nitrogens is 1. The number of nitrogens with zero attached hydrogens (tertiary/aromatic N) is 1. The van der Waals surface area contributed by atoms with Crippen molar-refractivity contribution in [3.8, 4) is 0 Å². The van der Waals surface area contributed by atoms with Crippen LogP contribution in [0.3, 0.4) is 0 Å². The van der Waals surface area contributed by atoms with E-state index in [-0.39, 0.29) is 23.1 Å². The number of hydrogen-bond acceptors (Lipinski definition) is 3. The van der Waals surface area contributed by atoms with Gasteiger partial charge in [-0.2, -0.15) is 0 Å². The first-order valence-corrected chi connectivity index (χ1v) is 7.05. The van der Waals surface area contributed by atoms with Gasteiger partial charge in [-0.25, -0.2) is 0 Å². The molecule has 0 saturated carbocycles. The third kappa shape index (κ3) is 2.99. The van der Waals surface area contributed by atoms with Crippen molar-refractivity contribution < 1.29 is 14.7 Å². The van der Waals surface area contributed by atoms with Gasteiger partial charge in [0.2, 0.25) is 0 Å². The number of aromatic amines is 1. The van der Waals surface area contributed by atoms with Gasteiger partial charge in [0.15, 0.2) is 0 Å². The van der Waals surface area contributed by atoms with Crippen LogP contribution in [0.15, 0.2) is 10.9 Å². The number of pyridine rings is 1. The zero-order valence-electron chi connectivity index (χ0n) is 12.5. The number of aryl methyl sites for hydroxylation is 2. The molecule has 2 rings (SSSR count). The lowest BCUT2D eigenvalue weighted by Crippen LogP contribution is -2.47. The molecule has 1 fully saturated rings. The van der Waals surface area contributed by atoms with E-state index in [4.69, 9.17) is 5.11 Å². The van der Waals surface area contributed by atoms with E-state index in [1.807, 2.05) is 6.92 Å². The Balaban J connectivity index is 2.26. The number of aromatic nitrogens is 1. The Morgan fingerprint density at radius 3 is 2.57 bits per heavy atom. The normalized spacial score (nSPS) is 22.1. The molecule has 2 atom stereocenters. The first kappa shape index (κ1) is 15.3. The molecule has 0 aromatic carbocycles. The summed E-state index contributed by atoms with van der Waals surface area (Å²) in [4.78, 5) is 39.9. The van der Waals surface area contributed by atoms with Gasteiger partial charge in [0.25, 0.3) is 11.5 Å². The van der Waals surface area contributed by atoms with Crippen LogP contribution >= 0.6 is 0 Å². The van der Waals surface area contributed by atoms with Crippen molar-refractivity contribution in [1.29, 1.82) is 0 Å². The van der Waals surface area contributed by atoms with E-state index in [1.54, 1.807) is 24.8 Å². The molecule has 1 aromatic rings. The molecule has 1 saturated heterocycles. The standard InChI is InChI=1S/C15H20N2O4/c1-8-6-9(2)16-13(18)12(8)14(19)17-5-4-11(15(20)21)7-10(17)3/h6,10-11H,4-5,7H2,1-3H3,(H,16,18)(H,20,21). The number of carboxylic acids is 1. The Hall–Kier alpha value is -2.11. The third-order valence-electron chi connectivity index (χ3n) is 4.07. The van der Waals surface area contributed by atoms with Crippen LogP contribution in [0.25, 0.3) is 0 Å². The Morgan fingerprint density at radius 1 is 1.38 bits per heavy atom. The number of rotatable bonds is 2. The predicted molar refractivity (Wildman–Crippen MR) is 77.4 cm³/mol. The van der Waals surface area contributed by atoms with E-state index < -0.39 is 11.9 Å². The maximum absolute atomic E-state index is 12.6. The van der Waals surface area contributed by atoms with Gasteiger partial charge < -0.3 is 15.0 Å². The topological polar surface area (TPSA) is 90.5 Å². The van der Waals surface area contributed by atoms with Gasteiger partial charge in [0.1, 0.15) is 5.56 Å². The fourth-order valence-corrected chi connectivity index (χ4v) is 2.96. The van der Waals surface area contributed by atoms with Crippen molar-refractivity contribution >= 4 is 11.9 Å². The molecular formula is C15H20N2O4. The highest BCUT2D eigenvalue weighted by atomic mass is 16.4. The molecule has 0 radical (unpaired) electrons. The van der Waals surface area contributed by atoms with Crippen molar-refractivity contribution in [3.63, 3.8) is 0 Å². The summed E-state index contributed by atoms with van der Waals surface area (Å²) in [5.41, 5.74) is 1.13. The highest BCUT2D eigenvalue weighted by Gasteiger charge is 2.33. The lowest BCUT2D eigenvalue weighted by Gasteiger charge is -2.36. The highest BCUT2D eigenvalue weighted by molar-refractivity contribution is 5.95. The minimum atomic E-state index is -0.821. The number of nitrogens with one attached hydrogen (secondary N) is 1. The molecule has 0 spiro atoms. The van der Waals surface area contributed by atoms with Crippen molar-refractivity contribution in [3.05, 3.63) is 33.2 Å². The molecule has 2 unspecified atom stereocenters. The molecule has 1 aromatic heterocycles. The van der Waals surface area contributed by atoms with Crippen molar-refractivity contribution in [2.45, 2.75) is 39.7 Å². The fraction of sp³-hybridized carbons (Fsp3) is 0.533. The van der Waals surface area contributed by atoms with E-state index in [2.05, 4.69) is 4.98 Å². The number of carbonyl (C=O) groups is 2. The molecule has 114 valence electrons. The molecule has 2 heterocycles. The zero-order valence-corrected chi connectivity index (χ0v) is 12.5.